The largest absolute Gasteiger partial charge is 2.00 e. The minimum atomic E-state index is 0. The number of pyridine rings is 1. The molecule has 44 heavy (non-hydrogen) atoms. The van der Waals surface area contributed by atoms with E-state index in [9.17, 15) is 0 Å². The Kier molecular flexibility index (Phi) is 17.5. The molecule has 6 heteroatoms. The molecule has 0 saturated heterocycles. The molecule has 1 heterocycles. The Morgan fingerprint density at radius 2 is 0.750 bits per heavy atom. The van der Waals surface area contributed by atoms with Gasteiger partial charge in [0.2, 0.25) is 0 Å². The van der Waals surface area contributed by atoms with Crippen molar-refractivity contribution in [3.05, 3.63) is 86.7 Å². The molecule has 0 atom stereocenters. The Balaban J connectivity index is 0.00000616. The molecule has 239 valence electrons. The van der Waals surface area contributed by atoms with E-state index in [1.807, 2.05) is 12.4 Å². The second-order valence-corrected chi connectivity index (χ2v) is 13.5. The number of aliphatic imine (C=N–C) groups is 2. The molecule has 3 rings (SSSR count). The summed E-state index contributed by atoms with van der Waals surface area (Å²) in [5.41, 5.74) is 13.0. The van der Waals surface area contributed by atoms with Crippen LogP contribution in [0.15, 0.2) is 46.4 Å². The molecule has 0 aliphatic heterocycles. The molecule has 3 aromatic rings. The third kappa shape index (κ3) is 10.6. The molecule has 0 saturated carbocycles. The maximum absolute atomic E-state index is 5.09. The molecule has 0 fully saturated rings. The number of hydrogen-bond donors (Lipinski definition) is 0. The molecule has 2 aromatic carbocycles. The van der Waals surface area contributed by atoms with E-state index >= 15 is 0 Å². The first-order chi connectivity index (χ1) is 19.2. The van der Waals surface area contributed by atoms with Gasteiger partial charge in [-0.25, -0.2) is 4.98 Å². The van der Waals surface area contributed by atoms with Crippen molar-refractivity contribution in [1.82, 2.24) is 4.98 Å². The maximum Gasteiger partial charge on any atom is 2.00 e. The van der Waals surface area contributed by atoms with Crippen LogP contribution in [-0.4, -0.2) is 17.4 Å². The van der Waals surface area contributed by atoms with Crippen LogP contribution in [-0.2, 0) is 18.6 Å². The van der Waals surface area contributed by atoms with Crippen molar-refractivity contribution in [2.24, 2.45) is 9.98 Å². The van der Waals surface area contributed by atoms with E-state index in [-0.39, 0.29) is 43.4 Å². The molecule has 0 bridgehead atoms. The summed E-state index contributed by atoms with van der Waals surface area (Å²) in [4.78, 5) is 15.1. The normalized spacial score (nSPS) is 11.8. The summed E-state index contributed by atoms with van der Waals surface area (Å²) >= 11 is 0. The SMILES string of the molecule is Cc1cc(C=Nc2c(C(C)C)cc(C(C)C)cc2C(C)C)nc(C=Nc2c(C(C)C)cc(C(C)C)cc2C(C)C)c1.[Cl-].[Cl-].[V+2]. The summed E-state index contributed by atoms with van der Waals surface area (Å²) in [6.45, 7) is 29.2. The summed E-state index contributed by atoms with van der Waals surface area (Å²) in [5.74, 6) is 2.52. The molecular formula is C38H53Cl2N3V. The van der Waals surface area contributed by atoms with Gasteiger partial charge in [-0.2, -0.15) is 0 Å². The fourth-order valence-corrected chi connectivity index (χ4v) is 5.25. The van der Waals surface area contributed by atoms with E-state index < -0.39 is 0 Å². The van der Waals surface area contributed by atoms with Crippen LogP contribution in [0.4, 0.5) is 11.4 Å². The van der Waals surface area contributed by atoms with Crippen LogP contribution in [0.1, 0.15) is 169 Å². The molecule has 1 radical (unpaired) electrons. The van der Waals surface area contributed by atoms with Gasteiger partial charge in [-0.15, -0.1) is 0 Å². The standard InChI is InChI=1S/C38H53N3.2ClH.V/c1-22(2)29-16-33(24(5)6)37(34(17-29)25(7)8)39-20-31-14-28(13)15-32(41-31)21-40-38-35(26(9)10)18-30(23(3)4)19-36(38)27(11)12;;;/h14-27H,1-13H3;2*1H;/q;;;+2/p-2. The van der Waals surface area contributed by atoms with Gasteiger partial charge >= 0.3 is 18.6 Å². The van der Waals surface area contributed by atoms with Crippen molar-refractivity contribution in [1.29, 1.82) is 0 Å². The van der Waals surface area contributed by atoms with Gasteiger partial charge in [0.25, 0.3) is 0 Å². The quantitative estimate of drug-likeness (QED) is 0.257. The predicted octanol–water partition coefficient (Wildman–Crippen LogP) is 5.64. The van der Waals surface area contributed by atoms with Crippen LogP contribution in [0.25, 0.3) is 0 Å². The molecule has 0 amide bonds. The number of hydrogen-bond acceptors (Lipinski definition) is 3. The Hall–Kier alpha value is -1.91. The first kappa shape index (κ1) is 42.1. The van der Waals surface area contributed by atoms with Crippen molar-refractivity contribution in [2.75, 3.05) is 0 Å². The average molecular weight is 674 g/mol. The molecule has 1 aromatic heterocycles. The van der Waals surface area contributed by atoms with Crippen LogP contribution in [0.2, 0.25) is 0 Å². The maximum atomic E-state index is 5.09. The van der Waals surface area contributed by atoms with E-state index in [0.717, 1.165) is 28.3 Å². The molecule has 0 unspecified atom stereocenters. The number of aromatic nitrogens is 1. The zero-order chi connectivity index (χ0) is 30.6. The van der Waals surface area contributed by atoms with Gasteiger partial charge in [-0.1, -0.05) is 107 Å². The minimum Gasteiger partial charge on any atom is -1.00 e. The van der Waals surface area contributed by atoms with Crippen molar-refractivity contribution in [3.8, 4) is 0 Å². The summed E-state index contributed by atoms with van der Waals surface area (Å²) in [7, 11) is 0. The number of nitrogens with zero attached hydrogens (tertiary/aromatic N) is 3. The molecule has 0 N–H and O–H groups in total. The first-order valence-electron chi connectivity index (χ1n) is 15.6. The van der Waals surface area contributed by atoms with Gasteiger partial charge in [0, 0.05) is 0 Å². The summed E-state index contributed by atoms with van der Waals surface area (Å²) < 4.78 is 0. The first-order valence-corrected chi connectivity index (χ1v) is 15.6. The van der Waals surface area contributed by atoms with Crippen molar-refractivity contribution in [2.45, 2.75) is 126 Å². The summed E-state index contributed by atoms with van der Waals surface area (Å²) in [6, 6.07) is 13.6. The molecular weight excluding hydrogens is 620 g/mol. The van der Waals surface area contributed by atoms with E-state index in [0.29, 0.717) is 35.5 Å². The second kappa shape index (κ2) is 18.3. The number of aryl methyl sites for hydroxylation is 1. The van der Waals surface area contributed by atoms with Crippen LogP contribution in [0.5, 0.6) is 0 Å². The van der Waals surface area contributed by atoms with Crippen molar-refractivity contribution < 1.29 is 43.4 Å². The fourth-order valence-electron chi connectivity index (χ4n) is 5.25. The van der Waals surface area contributed by atoms with Crippen LogP contribution < -0.4 is 24.8 Å². The summed E-state index contributed by atoms with van der Waals surface area (Å²) in [5, 5.41) is 0. The number of halogens is 2. The van der Waals surface area contributed by atoms with E-state index in [1.165, 1.54) is 33.4 Å². The van der Waals surface area contributed by atoms with Crippen LogP contribution in [0, 0.1) is 6.92 Å². The van der Waals surface area contributed by atoms with Gasteiger partial charge in [0.1, 0.15) is 0 Å². The Morgan fingerprint density at radius 3 is 0.977 bits per heavy atom. The molecule has 0 spiro atoms. The fraction of sp³-hybridized carbons (Fsp3) is 0.500. The van der Waals surface area contributed by atoms with E-state index in [4.69, 9.17) is 15.0 Å². The smallest absolute Gasteiger partial charge is 1.00 e. The topological polar surface area (TPSA) is 37.6 Å². The zero-order valence-corrected chi connectivity index (χ0v) is 32.0. The Bertz CT molecular complexity index is 1260. The van der Waals surface area contributed by atoms with Gasteiger partial charge in [0.15, 0.2) is 0 Å². The average Bonchev–Trinajstić information content (AvgIpc) is 2.88. The van der Waals surface area contributed by atoms with Crippen molar-refractivity contribution in [3.63, 3.8) is 0 Å². The van der Waals surface area contributed by atoms with Crippen LogP contribution in [0.3, 0.4) is 0 Å². The Morgan fingerprint density at radius 1 is 0.477 bits per heavy atom. The second-order valence-electron chi connectivity index (χ2n) is 13.5. The van der Waals surface area contributed by atoms with Crippen molar-refractivity contribution >= 4 is 23.8 Å². The van der Waals surface area contributed by atoms with E-state index in [1.54, 1.807) is 0 Å². The zero-order valence-electron chi connectivity index (χ0n) is 29.1. The molecule has 0 aliphatic rings. The molecule has 0 aliphatic carbocycles. The van der Waals surface area contributed by atoms with Gasteiger partial charge < -0.3 is 24.8 Å². The van der Waals surface area contributed by atoms with Crippen LogP contribution >= 0.6 is 0 Å². The number of benzene rings is 2. The predicted molar refractivity (Wildman–Crippen MR) is 181 cm³/mol. The Labute approximate surface area is 293 Å². The number of rotatable bonds is 10. The van der Waals surface area contributed by atoms with Gasteiger partial charge in [-0.3, -0.25) is 9.98 Å². The third-order valence-electron chi connectivity index (χ3n) is 7.86. The monoisotopic (exact) mass is 672 g/mol. The third-order valence-corrected chi connectivity index (χ3v) is 7.86. The van der Waals surface area contributed by atoms with Gasteiger partial charge in [0.05, 0.1) is 35.2 Å². The molecule has 3 nitrogen and oxygen atoms in total. The minimum absolute atomic E-state index is 0. The van der Waals surface area contributed by atoms with Gasteiger partial charge in [-0.05, 0) is 93.5 Å². The summed E-state index contributed by atoms with van der Waals surface area (Å²) in [6.07, 6.45) is 3.87. The van der Waals surface area contributed by atoms with E-state index in [2.05, 4.69) is 126 Å².